The van der Waals surface area contributed by atoms with Crippen molar-refractivity contribution in [2.75, 3.05) is 7.11 Å². The zero-order valence-electron chi connectivity index (χ0n) is 14.1. The van der Waals surface area contributed by atoms with Crippen molar-refractivity contribution in [2.45, 2.75) is 65.1 Å². The van der Waals surface area contributed by atoms with Crippen LogP contribution in [0, 0.1) is 5.41 Å². The normalized spacial score (nSPS) is 28.9. The summed E-state index contributed by atoms with van der Waals surface area (Å²) in [7, 11) is 1.68. The standard InChI is InChI=1S/C18H28O3/c1-7-18(5)15(19)11-16(18)21-14-9-8-12(20-6)10-13(14)17(2,3)4/h8-10,15-16,19H,7,11H2,1-6H3. The number of benzene rings is 1. The average molecular weight is 292 g/mol. The Hall–Kier alpha value is -1.22. The molecule has 0 aromatic heterocycles. The summed E-state index contributed by atoms with van der Waals surface area (Å²) < 4.78 is 11.6. The summed E-state index contributed by atoms with van der Waals surface area (Å²) in [5.41, 5.74) is 0.978. The summed E-state index contributed by atoms with van der Waals surface area (Å²) in [5.74, 6) is 1.75. The smallest absolute Gasteiger partial charge is 0.123 e. The van der Waals surface area contributed by atoms with E-state index in [9.17, 15) is 5.11 Å². The van der Waals surface area contributed by atoms with E-state index in [4.69, 9.17) is 9.47 Å². The van der Waals surface area contributed by atoms with Crippen LogP contribution >= 0.6 is 0 Å². The quantitative estimate of drug-likeness (QED) is 0.914. The van der Waals surface area contributed by atoms with E-state index in [2.05, 4.69) is 34.6 Å². The maximum absolute atomic E-state index is 10.0. The minimum Gasteiger partial charge on any atom is -0.497 e. The molecule has 0 spiro atoms. The van der Waals surface area contributed by atoms with Gasteiger partial charge in [0.25, 0.3) is 0 Å². The Balaban J connectivity index is 2.29. The van der Waals surface area contributed by atoms with E-state index >= 15 is 0 Å². The lowest BCUT2D eigenvalue weighted by Gasteiger charge is -2.50. The topological polar surface area (TPSA) is 38.7 Å². The number of hydrogen-bond donors (Lipinski definition) is 1. The fraction of sp³-hybridized carbons (Fsp3) is 0.667. The molecule has 1 aromatic rings. The molecule has 3 heteroatoms. The molecular weight excluding hydrogens is 264 g/mol. The van der Waals surface area contributed by atoms with Gasteiger partial charge in [0, 0.05) is 17.4 Å². The summed E-state index contributed by atoms with van der Waals surface area (Å²) in [6.07, 6.45) is 1.44. The maximum atomic E-state index is 10.0. The molecule has 0 amide bonds. The first-order valence-electron chi connectivity index (χ1n) is 7.75. The second-order valence-corrected chi connectivity index (χ2v) is 7.33. The molecular formula is C18H28O3. The molecule has 118 valence electrons. The largest absolute Gasteiger partial charge is 0.497 e. The molecule has 1 aliphatic carbocycles. The first-order valence-corrected chi connectivity index (χ1v) is 7.75. The summed E-state index contributed by atoms with van der Waals surface area (Å²) in [4.78, 5) is 0. The van der Waals surface area contributed by atoms with Gasteiger partial charge >= 0.3 is 0 Å². The highest BCUT2D eigenvalue weighted by Crippen LogP contribution is 2.47. The third kappa shape index (κ3) is 2.89. The lowest BCUT2D eigenvalue weighted by molar-refractivity contribution is -0.147. The Kier molecular flexibility index (Phi) is 4.25. The van der Waals surface area contributed by atoms with Crippen molar-refractivity contribution in [1.29, 1.82) is 0 Å². The lowest BCUT2D eigenvalue weighted by atomic mass is 9.63. The summed E-state index contributed by atoms with van der Waals surface area (Å²) >= 11 is 0. The molecule has 0 bridgehead atoms. The van der Waals surface area contributed by atoms with Gasteiger partial charge in [-0.2, -0.15) is 0 Å². The van der Waals surface area contributed by atoms with Crippen LogP contribution in [0.15, 0.2) is 18.2 Å². The molecule has 1 fully saturated rings. The van der Waals surface area contributed by atoms with Crippen molar-refractivity contribution in [1.82, 2.24) is 0 Å². The van der Waals surface area contributed by atoms with Crippen molar-refractivity contribution in [3.05, 3.63) is 23.8 Å². The van der Waals surface area contributed by atoms with Crippen LogP contribution in [-0.2, 0) is 5.41 Å². The van der Waals surface area contributed by atoms with E-state index in [-0.39, 0.29) is 23.0 Å². The number of rotatable bonds is 4. The SMILES string of the molecule is CCC1(C)C(O)CC1Oc1ccc(OC)cc1C(C)(C)C. The highest BCUT2D eigenvalue weighted by Gasteiger charge is 2.51. The molecule has 21 heavy (non-hydrogen) atoms. The van der Waals surface area contributed by atoms with Gasteiger partial charge in [-0.1, -0.05) is 34.6 Å². The third-order valence-corrected chi connectivity index (χ3v) is 4.96. The second-order valence-electron chi connectivity index (χ2n) is 7.33. The Morgan fingerprint density at radius 3 is 2.48 bits per heavy atom. The molecule has 1 aromatic carbocycles. The second kappa shape index (κ2) is 5.53. The predicted octanol–water partition coefficient (Wildman–Crippen LogP) is 3.92. The van der Waals surface area contributed by atoms with E-state index in [0.29, 0.717) is 6.42 Å². The summed E-state index contributed by atoms with van der Waals surface area (Å²) in [6.45, 7) is 10.7. The first kappa shape index (κ1) is 16.2. The number of ether oxygens (including phenoxy) is 2. The number of aliphatic hydroxyl groups is 1. The van der Waals surface area contributed by atoms with Gasteiger partial charge in [0.2, 0.25) is 0 Å². The van der Waals surface area contributed by atoms with Crippen molar-refractivity contribution < 1.29 is 14.6 Å². The van der Waals surface area contributed by atoms with Crippen LogP contribution in [0.25, 0.3) is 0 Å². The van der Waals surface area contributed by atoms with Crippen molar-refractivity contribution in [3.63, 3.8) is 0 Å². The van der Waals surface area contributed by atoms with Crippen molar-refractivity contribution >= 4 is 0 Å². The fourth-order valence-corrected chi connectivity index (χ4v) is 2.92. The van der Waals surface area contributed by atoms with E-state index < -0.39 is 0 Å². The molecule has 0 aliphatic heterocycles. The van der Waals surface area contributed by atoms with Gasteiger partial charge in [-0.3, -0.25) is 0 Å². The van der Waals surface area contributed by atoms with Crippen LogP contribution in [0.5, 0.6) is 11.5 Å². The number of hydrogen-bond acceptors (Lipinski definition) is 3. The van der Waals surface area contributed by atoms with Crippen LogP contribution < -0.4 is 9.47 Å². The van der Waals surface area contributed by atoms with Gasteiger partial charge in [-0.15, -0.1) is 0 Å². The van der Waals surface area contributed by atoms with Crippen molar-refractivity contribution in [3.8, 4) is 11.5 Å². The summed E-state index contributed by atoms with van der Waals surface area (Å²) in [5, 5.41) is 10.0. The average Bonchev–Trinajstić information content (AvgIpc) is 2.45. The van der Waals surface area contributed by atoms with Crippen LogP contribution in [0.4, 0.5) is 0 Å². The molecule has 1 aliphatic rings. The van der Waals surface area contributed by atoms with Crippen molar-refractivity contribution in [2.24, 2.45) is 5.41 Å². The highest BCUT2D eigenvalue weighted by atomic mass is 16.5. The van der Waals surface area contributed by atoms with E-state index in [1.807, 2.05) is 18.2 Å². The lowest BCUT2D eigenvalue weighted by Crippen LogP contribution is -2.57. The number of methoxy groups -OCH3 is 1. The minimum atomic E-state index is -0.260. The zero-order chi connectivity index (χ0) is 15.8. The Morgan fingerprint density at radius 2 is 2.00 bits per heavy atom. The molecule has 1 N–H and O–H groups in total. The third-order valence-electron chi connectivity index (χ3n) is 4.96. The van der Waals surface area contributed by atoms with Gasteiger partial charge < -0.3 is 14.6 Å². The van der Waals surface area contributed by atoms with Crippen LogP contribution in [0.1, 0.15) is 53.0 Å². The fourth-order valence-electron chi connectivity index (χ4n) is 2.92. The predicted molar refractivity (Wildman–Crippen MR) is 85.1 cm³/mol. The van der Waals surface area contributed by atoms with Gasteiger partial charge in [-0.25, -0.2) is 0 Å². The molecule has 1 saturated carbocycles. The van der Waals surface area contributed by atoms with E-state index in [0.717, 1.165) is 23.5 Å². The summed E-state index contributed by atoms with van der Waals surface area (Å²) in [6, 6.07) is 5.97. The molecule has 0 heterocycles. The molecule has 0 saturated heterocycles. The monoisotopic (exact) mass is 292 g/mol. The van der Waals surface area contributed by atoms with E-state index in [1.54, 1.807) is 7.11 Å². The van der Waals surface area contributed by atoms with Crippen LogP contribution in [-0.4, -0.2) is 24.4 Å². The molecule has 3 unspecified atom stereocenters. The molecule has 3 nitrogen and oxygen atoms in total. The highest BCUT2D eigenvalue weighted by molar-refractivity contribution is 5.44. The minimum absolute atomic E-state index is 0.0190. The van der Waals surface area contributed by atoms with Crippen LogP contribution in [0.2, 0.25) is 0 Å². The van der Waals surface area contributed by atoms with Gasteiger partial charge in [0.1, 0.15) is 17.6 Å². The molecule has 0 radical (unpaired) electrons. The van der Waals surface area contributed by atoms with Gasteiger partial charge in [-0.05, 0) is 30.0 Å². The van der Waals surface area contributed by atoms with Crippen LogP contribution in [0.3, 0.4) is 0 Å². The Morgan fingerprint density at radius 1 is 1.33 bits per heavy atom. The molecule has 2 rings (SSSR count). The van der Waals surface area contributed by atoms with Gasteiger partial charge in [0.05, 0.1) is 13.2 Å². The number of aliphatic hydroxyl groups excluding tert-OH is 1. The van der Waals surface area contributed by atoms with Gasteiger partial charge in [0.15, 0.2) is 0 Å². The zero-order valence-corrected chi connectivity index (χ0v) is 14.1. The Labute approximate surface area is 128 Å². The first-order chi connectivity index (χ1) is 9.72. The van der Waals surface area contributed by atoms with E-state index in [1.165, 1.54) is 0 Å². The molecule has 3 atom stereocenters. The Bertz CT molecular complexity index is 504. The maximum Gasteiger partial charge on any atom is 0.123 e.